The van der Waals surface area contributed by atoms with E-state index in [0.29, 0.717) is 11.5 Å². The van der Waals surface area contributed by atoms with E-state index in [1.54, 1.807) is 6.07 Å². The van der Waals surface area contributed by atoms with E-state index in [0.717, 1.165) is 15.7 Å². The molecule has 120 valence electrons. The van der Waals surface area contributed by atoms with Gasteiger partial charge < -0.3 is 10.6 Å². The lowest BCUT2D eigenvalue weighted by Crippen LogP contribution is -2.14. The Labute approximate surface area is 148 Å². The Morgan fingerprint density at radius 2 is 1.88 bits per heavy atom. The van der Waals surface area contributed by atoms with Gasteiger partial charge in [-0.1, -0.05) is 24.3 Å². The molecule has 2 N–H and O–H groups in total. The van der Waals surface area contributed by atoms with E-state index in [1.165, 1.54) is 6.33 Å². The second-order valence-corrected chi connectivity index (χ2v) is 6.07. The minimum atomic E-state index is -0.295. The second-order valence-electron chi connectivity index (χ2n) is 5.22. The number of carbonyl (C=O) groups excluding carboxylic acids is 1. The Balaban J connectivity index is 1.77. The first kappa shape index (κ1) is 16.1. The van der Waals surface area contributed by atoms with Crippen LogP contribution >= 0.6 is 15.9 Å². The minimum Gasteiger partial charge on any atom is -0.340 e. The van der Waals surface area contributed by atoms with Crippen LogP contribution in [-0.2, 0) is 0 Å². The maximum absolute atomic E-state index is 12.4. The molecule has 0 aliphatic rings. The van der Waals surface area contributed by atoms with Crippen LogP contribution < -0.4 is 10.6 Å². The second kappa shape index (κ2) is 7.23. The van der Waals surface area contributed by atoms with Crippen LogP contribution in [0.5, 0.6) is 0 Å². The first-order chi connectivity index (χ1) is 11.6. The van der Waals surface area contributed by atoms with E-state index >= 15 is 0 Å². The van der Waals surface area contributed by atoms with Gasteiger partial charge in [-0.05, 0) is 52.7 Å². The van der Waals surface area contributed by atoms with Crippen molar-refractivity contribution in [1.82, 2.24) is 9.97 Å². The van der Waals surface area contributed by atoms with Crippen LogP contribution in [0.25, 0.3) is 0 Å². The van der Waals surface area contributed by atoms with Gasteiger partial charge in [0.15, 0.2) is 0 Å². The fourth-order valence-corrected chi connectivity index (χ4v) is 2.55. The predicted molar refractivity (Wildman–Crippen MR) is 98.6 cm³/mol. The van der Waals surface area contributed by atoms with Crippen molar-refractivity contribution in [3.63, 3.8) is 0 Å². The molecule has 0 radical (unpaired) electrons. The summed E-state index contributed by atoms with van der Waals surface area (Å²) in [5, 5.41) is 6.00. The standard InChI is InChI=1S/C18H15BrN4O/c1-12-5-4-6-13(9-12)22-17-10-16(20-11-21-17)18(24)23-15-8-3-2-7-14(15)19/h2-11H,1H3,(H,23,24)(H,20,21,22). The zero-order chi connectivity index (χ0) is 16.9. The van der Waals surface area contributed by atoms with Crippen molar-refractivity contribution in [2.45, 2.75) is 6.92 Å². The summed E-state index contributed by atoms with van der Waals surface area (Å²) < 4.78 is 0.811. The molecule has 6 heteroatoms. The fourth-order valence-electron chi connectivity index (χ4n) is 2.17. The maximum Gasteiger partial charge on any atom is 0.274 e. The molecular formula is C18H15BrN4O. The first-order valence-electron chi connectivity index (χ1n) is 7.33. The number of hydrogen-bond acceptors (Lipinski definition) is 4. The summed E-state index contributed by atoms with van der Waals surface area (Å²) in [6, 6.07) is 16.9. The van der Waals surface area contributed by atoms with Gasteiger partial charge in [0.2, 0.25) is 0 Å². The van der Waals surface area contributed by atoms with Crippen LogP contribution in [0.4, 0.5) is 17.2 Å². The van der Waals surface area contributed by atoms with Crippen LogP contribution in [0, 0.1) is 6.92 Å². The van der Waals surface area contributed by atoms with Crippen molar-refractivity contribution in [3.8, 4) is 0 Å². The zero-order valence-corrected chi connectivity index (χ0v) is 14.5. The van der Waals surface area contributed by atoms with Gasteiger partial charge in [0.1, 0.15) is 17.8 Å². The molecule has 0 aliphatic carbocycles. The average Bonchev–Trinajstić information content (AvgIpc) is 2.57. The van der Waals surface area contributed by atoms with Gasteiger partial charge in [-0.15, -0.1) is 0 Å². The number of para-hydroxylation sites is 1. The largest absolute Gasteiger partial charge is 0.340 e. The molecule has 3 aromatic rings. The van der Waals surface area contributed by atoms with Crippen LogP contribution in [0.2, 0.25) is 0 Å². The van der Waals surface area contributed by atoms with Crippen molar-refractivity contribution in [1.29, 1.82) is 0 Å². The van der Waals surface area contributed by atoms with Crippen LogP contribution in [0.1, 0.15) is 16.1 Å². The Morgan fingerprint density at radius 1 is 1.04 bits per heavy atom. The number of hydrogen-bond donors (Lipinski definition) is 2. The molecule has 0 fully saturated rings. The summed E-state index contributed by atoms with van der Waals surface area (Å²) in [6.45, 7) is 2.02. The molecule has 1 aromatic heterocycles. The monoisotopic (exact) mass is 382 g/mol. The summed E-state index contributed by atoms with van der Waals surface area (Å²) in [6.07, 6.45) is 1.37. The Hall–Kier alpha value is -2.73. The van der Waals surface area contributed by atoms with Crippen molar-refractivity contribution in [3.05, 3.63) is 76.7 Å². The maximum atomic E-state index is 12.4. The number of nitrogens with zero attached hydrogens (tertiary/aromatic N) is 2. The lowest BCUT2D eigenvalue weighted by atomic mass is 10.2. The Bertz CT molecular complexity index is 882. The van der Waals surface area contributed by atoms with Crippen LogP contribution in [0.15, 0.2) is 65.4 Å². The highest BCUT2D eigenvalue weighted by molar-refractivity contribution is 9.10. The van der Waals surface area contributed by atoms with E-state index in [9.17, 15) is 4.79 Å². The molecule has 0 spiro atoms. The molecule has 0 saturated heterocycles. The highest BCUT2D eigenvalue weighted by Gasteiger charge is 2.11. The molecule has 1 heterocycles. The van der Waals surface area contributed by atoms with Gasteiger partial charge in [-0.25, -0.2) is 9.97 Å². The van der Waals surface area contributed by atoms with Gasteiger partial charge in [0, 0.05) is 16.2 Å². The molecule has 0 unspecified atom stereocenters. The fraction of sp³-hybridized carbons (Fsp3) is 0.0556. The molecule has 24 heavy (non-hydrogen) atoms. The molecule has 0 bridgehead atoms. The Morgan fingerprint density at radius 3 is 2.67 bits per heavy atom. The SMILES string of the molecule is Cc1cccc(Nc2cc(C(=O)Nc3ccccc3Br)ncn2)c1. The number of anilines is 3. The molecule has 0 aliphatic heterocycles. The number of aryl methyl sites for hydroxylation is 1. The van der Waals surface area contributed by atoms with E-state index < -0.39 is 0 Å². The highest BCUT2D eigenvalue weighted by atomic mass is 79.9. The number of halogens is 1. The van der Waals surface area contributed by atoms with Gasteiger partial charge in [0.25, 0.3) is 5.91 Å². The highest BCUT2D eigenvalue weighted by Crippen LogP contribution is 2.22. The normalized spacial score (nSPS) is 10.2. The van der Waals surface area contributed by atoms with Crippen molar-refractivity contribution in [2.75, 3.05) is 10.6 Å². The van der Waals surface area contributed by atoms with E-state index in [2.05, 4.69) is 36.5 Å². The molecule has 5 nitrogen and oxygen atoms in total. The third kappa shape index (κ3) is 3.97. The summed E-state index contributed by atoms with van der Waals surface area (Å²) in [5.41, 5.74) is 3.03. The lowest BCUT2D eigenvalue weighted by Gasteiger charge is -2.09. The van der Waals surface area contributed by atoms with Crippen LogP contribution in [0.3, 0.4) is 0 Å². The molecule has 0 atom stereocenters. The first-order valence-corrected chi connectivity index (χ1v) is 8.13. The molecule has 2 aromatic carbocycles. The summed E-state index contributed by atoms with van der Waals surface area (Å²) in [5.74, 6) is 0.268. The number of rotatable bonds is 4. The quantitative estimate of drug-likeness (QED) is 0.694. The van der Waals surface area contributed by atoms with Gasteiger partial charge in [0.05, 0.1) is 5.69 Å². The predicted octanol–water partition coefficient (Wildman–Crippen LogP) is 4.54. The van der Waals surface area contributed by atoms with Crippen molar-refractivity contribution >= 4 is 39.0 Å². The Kier molecular flexibility index (Phi) is 4.86. The topological polar surface area (TPSA) is 66.9 Å². The number of nitrogens with one attached hydrogen (secondary N) is 2. The van der Waals surface area contributed by atoms with E-state index in [-0.39, 0.29) is 11.6 Å². The minimum absolute atomic E-state index is 0.288. The van der Waals surface area contributed by atoms with Gasteiger partial charge >= 0.3 is 0 Å². The average molecular weight is 383 g/mol. The smallest absolute Gasteiger partial charge is 0.274 e. The number of benzene rings is 2. The molecule has 3 rings (SSSR count). The third-order valence-electron chi connectivity index (χ3n) is 3.31. The summed E-state index contributed by atoms with van der Waals surface area (Å²) >= 11 is 3.40. The van der Waals surface area contributed by atoms with Gasteiger partial charge in [-0.3, -0.25) is 4.79 Å². The van der Waals surface area contributed by atoms with Crippen molar-refractivity contribution < 1.29 is 4.79 Å². The molecule has 0 saturated carbocycles. The number of aromatic nitrogens is 2. The molecular weight excluding hydrogens is 368 g/mol. The van der Waals surface area contributed by atoms with Gasteiger partial charge in [-0.2, -0.15) is 0 Å². The van der Waals surface area contributed by atoms with Crippen LogP contribution in [-0.4, -0.2) is 15.9 Å². The number of carbonyl (C=O) groups is 1. The number of amides is 1. The summed E-state index contributed by atoms with van der Waals surface area (Å²) in [4.78, 5) is 20.6. The van der Waals surface area contributed by atoms with Crippen molar-refractivity contribution in [2.24, 2.45) is 0 Å². The van der Waals surface area contributed by atoms with E-state index in [4.69, 9.17) is 0 Å². The van der Waals surface area contributed by atoms with E-state index in [1.807, 2.05) is 55.5 Å². The zero-order valence-electron chi connectivity index (χ0n) is 13.0. The lowest BCUT2D eigenvalue weighted by molar-refractivity contribution is 0.102. The summed E-state index contributed by atoms with van der Waals surface area (Å²) in [7, 11) is 0. The molecule has 1 amide bonds. The third-order valence-corrected chi connectivity index (χ3v) is 4.00.